The van der Waals surface area contributed by atoms with Gasteiger partial charge in [0.2, 0.25) is 11.8 Å². The molecule has 12 heteroatoms. The molecule has 0 radical (unpaired) electrons. The van der Waals surface area contributed by atoms with Crippen LogP contribution in [0.4, 0.5) is 5.95 Å². The van der Waals surface area contributed by atoms with Crippen molar-refractivity contribution in [3.8, 4) is 22.9 Å². The van der Waals surface area contributed by atoms with E-state index in [0.29, 0.717) is 46.4 Å². The first-order chi connectivity index (χ1) is 19.4. The average Bonchev–Trinajstić information content (AvgIpc) is 3.44. The van der Waals surface area contributed by atoms with E-state index in [0.717, 1.165) is 43.6 Å². The predicted octanol–water partition coefficient (Wildman–Crippen LogP) is 5.63. The number of hydrogen-bond donors (Lipinski definition) is 2. The van der Waals surface area contributed by atoms with E-state index < -0.39 is 5.97 Å². The first kappa shape index (κ1) is 27.8. The Labute approximate surface area is 242 Å². The molecule has 10 nitrogen and oxygen atoms in total. The van der Waals surface area contributed by atoms with Gasteiger partial charge in [0.25, 0.3) is 0 Å². The van der Waals surface area contributed by atoms with E-state index >= 15 is 0 Å². The second-order valence-corrected chi connectivity index (χ2v) is 10.6. The number of aliphatic carboxylic acids is 1. The van der Waals surface area contributed by atoms with Gasteiger partial charge in [0.1, 0.15) is 0 Å². The standard InChI is InChI=1S/C28H29Cl2N7O3/c29-22-12-21(13-23(30)14-22)25-9-20(17-36-5-1-19(2-6-36)11-27(38)39)10-26(35-25)40-24-15-33-28(34-16-24)32-4-8-37-7-3-31-18-37/h3,7,9-10,12-16,18-19H,1-2,4-6,8,11,17H2,(H,38,39)(H,32,33,34). The highest BCUT2D eigenvalue weighted by Gasteiger charge is 2.22. The number of aromatic nitrogens is 5. The Balaban J connectivity index is 1.30. The van der Waals surface area contributed by atoms with Gasteiger partial charge in [0, 0.05) is 60.1 Å². The molecule has 0 saturated carbocycles. The average molecular weight is 582 g/mol. The molecule has 1 aliphatic rings. The third-order valence-corrected chi connectivity index (χ3v) is 7.10. The van der Waals surface area contributed by atoms with Crippen molar-refractivity contribution in [3.05, 3.63) is 77.1 Å². The van der Waals surface area contributed by atoms with Gasteiger partial charge >= 0.3 is 5.97 Å². The Bertz CT molecular complexity index is 1410. The maximum absolute atomic E-state index is 11.1. The Kier molecular flexibility index (Phi) is 9.10. The minimum atomic E-state index is -0.735. The molecule has 0 amide bonds. The monoisotopic (exact) mass is 581 g/mol. The highest BCUT2D eigenvalue weighted by atomic mass is 35.5. The molecule has 1 aliphatic heterocycles. The molecule has 40 heavy (non-hydrogen) atoms. The molecule has 4 heterocycles. The molecule has 0 atom stereocenters. The number of benzene rings is 1. The van der Waals surface area contributed by atoms with E-state index in [1.807, 2.05) is 35.0 Å². The third-order valence-electron chi connectivity index (χ3n) is 6.66. The zero-order valence-corrected chi connectivity index (χ0v) is 23.2. The van der Waals surface area contributed by atoms with E-state index in [-0.39, 0.29) is 12.3 Å². The first-order valence-electron chi connectivity index (χ1n) is 13.0. The minimum absolute atomic E-state index is 0.220. The lowest BCUT2D eigenvalue weighted by Crippen LogP contribution is -2.33. The summed E-state index contributed by atoms with van der Waals surface area (Å²) in [7, 11) is 0. The fourth-order valence-corrected chi connectivity index (χ4v) is 5.23. The number of pyridine rings is 1. The third kappa shape index (κ3) is 7.91. The molecule has 0 unspecified atom stereocenters. The molecular formula is C28H29Cl2N7O3. The number of ether oxygens (including phenoxy) is 1. The fourth-order valence-electron chi connectivity index (χ4n) is 4.70. The highest BCUT2D eigenvalue weighted by Crippen LogP contribution is 2.31. The lowest BCUT2D eigenvalue weighted by molar-refractivity contribution is -0.138. The van der Waals surface area contributed by atoms with Crippen molar-refractivity contribution in [2.24, 2.45) is 5.92 Å². The van der Waals surface area contributed by atoms with E-state index in [1.165, 1.54) is 0 Å². The number of nitrogens with zero attached hydrogens (tertiary/aromatic N) is 6. The van der Waals surface area contributed by atoms with Crippen molar-refractivity contribution >= 4 is 35.1 Å². The molecule has 208 valence electrons. The van der Waals surface area contributed by atoms with Gasteiger partial charge in [-0.3, -0.25) is 9.69 Å². The molecule has 4 aromatic rings. The van der Waals surface area contributed by atoms with E-state index in [2.05, 4.69) is 25.2 Å². The normalized spacial score (nSPS) is 14.2. The van der Waals surface area contributed by atoms with Crippen LogP contribution < -0.4 is 10.1 Å². The summed E-state index contributed by atoms with van der Waals surface area (Å²) in [6, 6.07) is 9.21. The number of carboxylic acid groups (broad SMARTS) is 1. The Morgan fingerprint density at radius 1 is 1.07 bits per heavy atom. The number of rotatable bonds is 11. The summed E-state index contributed by atoms with van der Waals surface area (Å²) in [5.41, 5.74) is 2.46. The number of carbonyl (C=O) groups is 1. The summed E-state index contributed by atoms with van der Waals surface area (Å²) < 4.78 is 8.05. The van der Waals surface area contributed by atoms with E-state index in [1.54, 1.807) is 31.0 Å². The molecule has 1 fully saturated rings. The molecule has 1 aromatic carbocycles. The van der Waals surface area contributed by atoms with Crippen molar-refractivity contribution in [1.29, 1.82) is 0 Å². The fraction of sp³-hybridized carbons (Fsp3) is 0.321. The van der Waals surface area contributed by atoms with Gasteiger partial charge in [-0.05, 0) is 61.7 Å². The van der Waals surface area contributed by atoms with Crippen LogP contribution >= 0.6 is 23.2 Å². The van der Waals surface area contributed by atoms with Crippen LogP contribution in [0.1, 0.15) is 24.8 Å². The quantitative estimate of drug-likeness (QED) is 0.232. The summed E-state index contributed by atoms with van der Waals surface area (Å²) >= 11 is 12.5. The molecule has 5 rings (SSSR count). The Morgan fingerprint density at radius 2 is 1.82 bits per heavy atom. The van der Waals surface area contributed by atoms with E-state index in [9.17, 15) is 4.79 Å². The number of hydrogen-bond acceptors (Lipinski definition) is 8. The number of anilines is 1. The molecule has 0 bridgehead atoms. The largest absolute Gasteiger partial charge is 0.481 e. The number of carboxylic acids is 1. The van der Waals surface area contributed by atoms with Gasteiger partial charge in [-0.1, -0.05) is 23.2 Å². The number of likely N-dealkylation sites (tertiary alicyclic amines) is 1. The summed E-state index contributed by atoms with van der Waals surface area (Å²) in [4.78, 5) is 30.9. The van der Waals surface area contributed by atoms with Gasteiger partial charge in [0.15, 0.2) is 5.75 Å². The highest BCUT2D eigenvalue weighted by molar-refractivity contribution is 6.35. The van der Waals surface area contributed by atoms with Crippen LogP contribution in [0.3, 0.4) is 0 Å². The van der Waals surface area contributed by atoms with Crippen LogP contribution in [0.25, 0.3) is 11.3 Å². The lowest BCUT2D eigenvalue weighted by atomic mass is 9.93. The molecule has 2 N–H and O–H groups in total. The molecular weight excluding hydrogens is 553 g/mol. The number of nitrogens with one attached hydrogen (secondary N) is 1. The van der Waals surface area contributed by atoms with Crippen LogP contribution in [0.5, 0.6) is 11.6 Å². The SMILES string of the molecule is O=C(O)CC1CCN(Cc2cc(Oc3cnc(NCCn4ccnc4)nc3)nc(-c3cc(Cl)cc(Cl)c3)c2)CC1. The van der Waals surface area contributed by atoms with Crippen LogP contribution in [0.2, 0.25) is 10.0 Å². The van der Waals surface area contributed by atoms with Crippen molar-refractivity contribution in [2.45, 2.75) is 32.4 Å². The number of imidazole rings is 1. The predicted molar refractivity (Wildman–Crippen MR) is 153 cm³/mol. The van der Waals surface area contributed by atoms with Crippen LogP contribution in [0, 0.1) is 5.92 Å². The molecule has 3 aromatic heterocycles. The minimum Gasteiger partial charge on any atom is -0.481 e. The lowest BCUT2D eigenvalue weighted by Gasteiger charge is -2.31. The van der Waals surface area contributed by atoms with Gasteiger partial charge in [-0.25, -0.2) is 19.9 Å². The summed E-state index contributed by atoms with van der Waals surface area (Å²) in [6.45, 7) is 3.73. The zero-order valence-electron chi connectivity index (χ0n) is 21.7. The molecule has 0 aliphatic carbocycles. The Hall–Kier alpha value is -3.73. The van der Waals surface area contributed by atoms with Crippen molar-refractivity contribution in [1.82, 2.24) is 29.4 Å². The van der Waals surface area contributed by atoms with Crippen LogP contribution in [-0.4, -0.2) is 60.1 Å². The van der Waals surface area contributed by atoms with E-state index in [4.69, 9.17) is 38.0 Å². The number of halogens is 2. The molecule has 0 spiro atoms. The topological polar surface area (TPSA) is 118 Å². The van der Waals surface area contributed by atoms with Crippen molar-refractivity contribution in [3.63, 3.8) is 0 Å². The van der Waals surface area contributed by atoms with Gasteiger partial charge in [-0.15, -0.1) is 0 Å². The van der Waals surface area contributed by atoms with Crippen LogP contribution in [-0.2, 0) is 17.9 Å². The smallest absolute Gasteiger partial charge is 0.303 e. The maximum atomic E-state index is 11.1. The van der Waals surface area contributed by atoms with Gasteiger partial charge < -0.3 is 19.7 Å². The number of piperidine rings is 1. The van der Waals surface area contributed by atoms with Gasteiger partial charge in [-0.2, -0.15) is 0 Å². The first-order valence-corrected chi connectivity index (χ1v) is 13.8. The summed E-state index contributed by atoms with van der Waals surface area (Å²) in [5.74, 6) is 0.831. The zero-order chi connectivity index (χ0) is 27.9. The second kappa shape index (κ2) is 13.1. The van der Waals surface area contributed by atoms with Crippen LogP contribution in [0.15, 0.2) is 61.4 Å². The summed E-state index contributed by atoms with van der Waals surface area (Å²) in [5, 5.41) is 13.3. The van der Waals surface area contributed by atoms with Crippen molar-refractivity contribution < 1.29 is 14.6 Å². The molecule has 1 saturated heterocycles. The van der Waals surface area contributed by atoms with Gasteiger partial charge in [0.05, 0.1) is 24.4 Å². The second-order valence-electron chi connectivity index (χ2n) is 9.75. The maximum Gasteiger partial charge on any atom is 0.303 e. The van der Waals surface area contributed by atoms with Crippen molar-refractivity contribution in [2.75, 3.05) is 25.0 Å². The summed E-state index contributed by atoms with van der Waals surface area (Å²) in [6.07, 6.45) is 10.5. The Morgan fingerprint density at radius 3 is 2.50 bits per heavy atom.